The Bertz CT molecular complexity index is 790. The number of nitrogens with one attached hydrogen (secondary N) is 1. The molecule has 1 unspecified atom stereocenters. The Hall–Kier alpha value is -2.36. The first kappa shape index (κ1) is 12.4. The third-order valence-corrected chi connectivity index (χ3v) is 4.39. The van der Waals surface area contributed by atoms with Crippen LogP contribution >= 0.6 is 0 Å². The molecule has 4 nitrogen and oxygen atoms in total. The zero-order valence-electron chi connectivity index (χ0n) is 12.1. The van der Waals surface area contributed by atoms with Crippen LogP contribution in [0.3, 0.4) is 0 Å². The van der Waals surface area contributed by atoms with Gasteiger partial charge in [0.15, 0.2) is 0 Å². The smallest absolute Gasteiger partial charge is 0.137 e. The van der Waals surface area contributed by atoms with Crippen LogP contribution in [-0.4, -0.2) is 21.4 Å². The number of rotatable bonds is 2. The van der Waals surface area contributed by atoms with Gasteiger partial charge in [0.2, 0.25) is 0 Å². The fourth-order valence-corrected chi connectivity index (χ4v) is 3.32. The fraction of sp³-hybridized carbons (Fsp3) is 0.294. The normalized spacial score (nSPS) is 17.7. The first-order valence-corrected chi connectivity index (χ1v) is 7.45. The fourth-order valence-electron chi connectivity index (χ4n) is 3.32. The lowest BCUT2D eigenvalue weighted by atomic mass is 9.84. The van der Waals surface area contributed by atoms with Crippen LogP contribution in [0.25, 0.3) is 5.65 Å². The molecule has 0 fully saturated rings. The number of aryl methyl sites for hydroxylation is 1. The molecule has 4 rings (SSSR count). The van der Waals surface area contributed by atoms with Crippen LogP contribution < -0.4 is 5.32 Å². The van der Waals surface area contributed by atoms with Crippen LogP contribution in [0, 0.1) is 0 Å². The predicted molar refractivity (Wildman–Crippen MR) is 83.8 cm³/mol. The number of hydrogen-bond donors (Lipinski definition) is 1. The van der Waals surface area contributed by atoms with E-state index in [1.165, 1.54) is 23.4 Å². The zero-order chi connectivity index (χ0) is 14.2. The van der Waals surface area contributed by atoms with Crippen LogP contribution in [0.5, 0.6) is 0 Å². The molecule has 1 N–H and O–H groups in total. The van der Waals surface area contributed by atoms with E-state index in [0.29, 0.717) is 5.92 Å². The maximum Gasteiger partial charge on any atom is 0.137 e. The summed E-state index contributed by atoms with van der Waals surface area (Å²) in [6, 6.07) is 8.37. The van der Waals surface area contributed by atoms with Crippen LogP contribution in [0.1, 0.15) is 35.7 Å². The molecule has 0 amide bonds. The van der Waals surface area contributed by atoms with Crippen molar-refractivity contribution in [3.63, 3.8) is 0 Å². The molecule has 21 heavy (non-hydrogen) atoms. The standard InChI is InChI=1S/C17H18N4/c1-18-12-7-8-17-20-10-16(21(17)11-12)14-4-2-6-15-13(14)5-3-9-19-15/h3,5,7-11,14,18H,2,4,6H2,1H3. The van der Waals surface area contributed by atoms with E-state index in [-0.39, 0.29) is 0 Å². The highest BCUT2D eigenvalue weighted by molar-refractivity contribution is 5.52. The number of fused-ring (bicyclic) bond motifs is 2. The van der Waals surface area contributed by atoms with Gasteiger partial charge in [-0.2, -0.15) is 0 Å². The second-order valence-electron chi connectivity index (χ2n) is 5.56. The highest BCUT2D eigenvalue weighted by Crippen LogP contribution is 2.36. The van der Waals surface area contributed by atoms with Gasteiger partial charge in [-0.15, -0.1) is 0 Å². The van der Waals surface area contributed by atoms with E-state index in [4.69, 9.17) is 0 Å². The summed E-state index contributed by atoms with van der Waals surface area (Å²) in [6.45, 7) is 0. The van der Waals surface area contributed by atoms with Gasteiger partial charge < -0.3 is 9.72 Å². The summed E-state index contributed by atoms with van der Waals surface area (Å²) >= 11 is 0. The van der Waals surface area contributed by atoms with Gasteiger partial charge in [-0.1, -0.05) is 6.07 Å². The van der Waals surface area contributed by atoms with Crippen molar-refractivity contribution in [1.29, 1.82) is 0 Å². The molecule has 1 aliphatic rings. The molecule has 0 saturated heterocycles. The number of anilines is 1. The minimum atomic E-state index is 0.393. The van der Waals surface area contributed by atoms with E-state index in [0.717, 1.165) is 24.2 Å². The second kappa shape index (κ2) is 4.88. The third kappa shape index (κ3) is 1.98. The Kier molecular flexibility index (Phi) is 2.88. The molecule has 0 aliphatic heterocycles. The van der Waals surface area contributed by atoms with Crippen LogP contribution in [0.2, 0.25) is 0 Å². The van der Waals surface area contributed by atoms with E-state index in [2.05, 4.69) is 44.1 Å². The van der Waals surface area contributed by atoms with Crippen LogP contribution in [-0.2, 0) is 6.42 Å². The predicted octanol–water partition coefficient (Wildman–Crippen LogP) is 3.24. The Labute approximate surface area is 123 Å². The van der Waals surface area contributed by atoms with E-state index in [1.54, 1.807) is 0 Å². The maximum atomic E-state index is 4.56. The lowest BCUT2D eigenvalue weighted by molar-refractivity contribution is 0.589. The minimum absolute atomic E-state index is 0.393. The number of hydrogen-bond acceptors (Lipinski definition) is 3. The van der Waals surface area contributed by atoms with Gasteiger partial charge in [-0.05, 0) is 43.0 Å². The van der Waals surface area contributed by atoms with Gasteiger partial charge in [0.1, 0.15) is 5.65 Å². The number of nitrogens with zero attached hydrogens (tertiary/aromatic N) is 3. The Morgan fingerprint density at radius 3 is 3.10 bits per heavy atom. The summed E-state index contributed by atoms with van der Waals surface area (Å²) in [5.74, 6) is 0.393. The van der Waals surface area contributed by atoms with Gasteiger partial charge in [-0.25, -0.2) is 4.98 Å². The SMILES string of the molecule is CNc1ccc2ncc(C3CCCc4ncccc43)n2c1. The molecule has 0 radical (unpaired) electrons. The molecular weight excluding hydrogens is 260 g/mol. The molecule has 3 aromatic rings. The van der Waals surface area contributed by atoms with Gasteiger partial charge in [0, 0.05) is 37.3 Å². The summed E-state index contributed by atoms with van der Waals surface area (Å²) in [5.41, 5.74) is 5.97. The quantitative estimate of drug-likeness (QED) is 0.782. The number of aromatic nitrogens is 3. The van der Waals surface area contributed by atoms with Crippen LogP contribution in [0.4, 0.5) is 5.69 Å². The zero-order valence-corrected chi connectivity index (χ0v) is 12.1. The first-order chi connectivity index (χ1) is 10.4. The van der Waals surface area contributed by atoms with E-state index in [1.807, 2.05) is 25.5 Å². The van der Waals surface area contributed by atoms with Crippen molar-refractivity contribution in [2.75, 3.05) is 12.4 Å². The van der Waals surface area contributed by atoms with Crippen molar-refractivity contribution in [2.45, 2.75) is 25.2 Å². The Balaban J connectivity index is 1.87. The molecular formula is C17H18N4. The molecule has 3 aromatic heterocycles. The van der Waals surface area contributed by atoms with Crippen molar-refractivity contribution in [1.82, 2.24) is 14.4 Å². The van der Waals surface area contributed by atoms with Gasteiger partial charge in [0.05, 0.1) is 11.4 Å². The molecule has 1 atom stereocenters. The molecule has 0 bridgehead atoms. The lowest BCUT2D eigenvalue weighted by Crippen LogP contribution is -2.14. The van der Waals surface area contributed by atoms with Crippen molar-refractivity contribution in [2.24, 2.45) is 0 Å². The molecule has 1 aliphatic carbocycles. The largest absolute Gasteiger partial charge is 0.387 e. The topological polar surface area (TPSA) is 42.2 Å². The Morgan fingerprint density at radius 1 is 1.24 bits per heavy atom. The van der Waals surface area contributed by atoms with Gasteiger partial charge in [-0.3, -0.25) is 4.98 Å². The minimum Gasteiger partial charge on any atom is -0.387 e. The highest BCUT2D eigenvalue weighted by atomic mass is 15.0. The molecule has 0 spiro atoms. The highest BCUT2D eigenvalue weighted by Gasteiger charge is 2.24. The molecule has 4 heteroatoms. The van der Waals surface area contributed by atoms with Crippen LogP contribution in [0.15, 0.2) is 42.9 Å². The van der Waals surface area contributed by atoms with Crippen molar-refractivity contribution in [3.05, 3.63) is 59.8 Å². The lowest BCUT2D eigenvalue weighted by Gasteiger charge is -2.24. The number of imidazole rings is 1. The summed E-state index contributed by atoms with van der Waals surface area (Å²) in [6.07, 6.45) is 9.48. The van der Waals surface area contributed by atoms with Crippen molar-refractivity contribution >= 4 is 11.3 Å². The Morgan fingerprint density at radius 2 is 2.19 bits per heavy atom. The monoisotopic (exact) mass is 278 g/mol. The van der Waals surface area contributed by atoms with Crippen molar-refractivity contribution in [3.8, 4) is 0 Å². The molecule has 106 valence electrons. The average Bonchev–Trinajstić information content (AvgIpc) is 2.97. The average molecular weight is 278 g/mol. The summed E-state index contributed by atoms with van der Waals surface area (Å²) in [4.78, 5) is 9.11. The van der Waals surface area contributed by atoms with Gasteiger partial charge >= 0.3 is 0 Å². The van der Waals surface area contributed by atoms with E-state index >= 15 is 0 Å². The third-order valence-electron chi connectivity index (χ3n) is 4.39. The summed E-state index contributed by atoms with van der Waals surface area (Å²) < 4.78 is 2.21. The van der Waals surface area contributed by atoms with Crippen molar-refractivity contribution < 1.29 is 0 Å². The molecule has 3 heterocycles. The number of pyridine rings is 2. The molecule has 0 aromatic carbocycles. The van der Waals surface area contributed by atoms with E-state index < -0.39 is 0 Å². The summed E-state index contributed by atoms with van der Waals surface area (Å²) in [7, 11) is 1.94. The summed E-state index contributed by atoms with van der Waals surface area (Å²) in [5, 5.41) is 3.20. The maximum absolute atomic E-state index is 4.56. The first-order valence-electron chi connectivity index (χ1n) is 7.45. The second-order valence-corrected chi connectivity index (χ2v) is 5.56. The molecule has 0 saturated carbocycles. The van der Waals surface area contributed by atoms with Gasteiger partial charge in [0.25, 0.3) is 0 Å². The van der Waals surface area contributed by atoms with E-state index in [9.17, 15) is 0 Å².